The van der Waals surface area contributed by atoms with Gasteiger partial charge in [-0.2, -0.15) is 0 Å². The van der Waals surface area contributed by atoms with Crippen LogP contribution in [0.3, 0.4) is 0 Å². The second kappa shape index (κ2) is 5.54. The van der Waals surface area contributed by atoms with Gasteiger partial charge in [-0.05, 0) is 11.6 Å². The molecule has 2 aromatic rings. The van der Waals surface area contributed by atoms with Gasteiger partial charge in [-0.1, -0.05) is 52.7 Å². The number of nitrogens with one attached hydrogen (secondary N) is 1. The van der Waals surface area contributed by atoms with Crippen LogP contribution < -0.4 is 4.72 Å². The van der Waals surface area contributed by atoms with Crippen molar-refractivity contribution in [3.05, 3.63) is 45.5 Å². The topological polar surface area (TPSA) is 59.1 Å². The largest absolute Gasteiger partial charge is 0.252 e. The molecule has 0 fully saturated rings. The van der Waals surface area contributed by atoms with E-state index in [2.05, 4.69) is 9.71 Å². The molecule has 18 heavy (non-hydrogen) atoms. The van der Waals surface area contributed by atoms with E-state index in [0.717, 1.165) is 11.3 Å². The molecule has 1 heterocycles. The molecule has 0 saturated heterocycles. The lowest BCUT2D eigenvalue weighted by molar-refractivity contribution is 0.583. The molecule has 0 aliphatic heterocycles. The molecule has 1 aromatic heterocycles. The first-order valence-electron chi connectivity index (χ1n) is 4.83. The summed E-state index contributed by atoms with van der Waals surface area (Å²) in [6.45, 7) is 0.123. The molecule has 8 heteroatoms. The predicted molar refractivity (Wildman–Crippen MR) is 72.6 cm³/mol. The van der Waals surface area contributed by atoms with Gasteiger partial charge in [0.25, 0.3) is 10.0 Å². The maximum Gasteiger partial charge on any atom is 0.252 e. The van der Waals surface area contributed by atoms with E-state index in [1.54, 1.807) is 24.3 Å². The quantitative estimate of drug-likeness (QED) is 0.941. The van der Waals surface area contributed by atoms with Gasteiger partial charge in [0.2, 0.25) is 0 Å². The fraction of sp³-hybridized carbons (Fsp3) is 0.100. The van der Waals surface area contributed by atoms with Crippen LogP contribution in [0, 0.1) is 0 Å². The third kappa shape index (κ3) is 3.21. The second-order valence-corrected chi connectivity index (χ2v) is 7.36. The Morgan fingerprint density at radius 1 is 1.28 bits per heavy atom. The molecule has 0 spiro atoms. The molecule has 0 saturated carbocycles. The van der Waals surface area contributed by atoms with Gasteiger partial charge in [0, 0.05) is 11.6 Å². The minimum absolute atomic E-state index is 0.0829. The number of thiazole rings is 1. The number of hydrogen-bond donors (Lipinski definition) is 1. The normalized spacial score (nSPS) is 11.7. The van der Waals surface area contributed by atoms with Crippen molar-refractivity contribution in [2.24, 2.45) is 0 Å². The molecule has 0 aliphatic carbocycles. The Hall–Kier alpha value is -0.660. The minimum atomic E-state index is -3.59. The second-order valence-electron chi connectivity index (χ2n) is 3.35. The summed E-state index contributed by atoms with van der Waals surface area (Å²) in [6, 6.07) is 7.03. The monoisotopic (exact) mass is 322 g/mol. The highest BCUT2D eigenvalue weighted by atomic mass is 35.5. The van der Waals surface area contributed by atoms with E-state index in [1.165, 1.54) is 6.20 Å². The summed E-state index contributed by atoms with van der Waals surface area (Å²) in [5, 5.41) is 0.516. The Balaban J connectivity index is 2.13. The van der Waals surface area contributed by atoms with E-state index in [-0.39, 0.29) is 15.2 Å². The highest BCUT2D eigenvalue weighted by molar-refractivity contribution is 7.91. The van der Waals surface area contributed by atoms with Crippen LogP contribution in [-0.2, 0) is 16.6 Å². The van der Waals surface area contributed by atoms with Crippen LogP contribution in [0.5, 0.6) is 0 Å². The number of aromatic nitrogens is 1. The first kappa shape index (κ1) is 13.8. The SMILES string of the molecule is O=S(=O)(NCc1ccccc1Cl)c1cnc(Cl)s1. The summed E-state index contributed by atoms with van der Waals surface area (Å²) in [6.07, 6.45) is 1.22. The van der Waals surface area contributed by atoms with Crippen molar-refractivity contribution >= 4 is 44.6 Å². The zero-order valence-corrected chi connectivity index (χ0v) is 12.1. The van der Waals surface area contributed by atoms with Crippen LogP contribution >= 0.6 is 34.5 Å². The maximum atomic E-state index is 11.9. The van der Waals surface area contributed by atoms with E-state index < -0.39 is 10.0 Å². The molecule has 0 atom stereocenters. The number of halogens is 2. The average Bonchev–Trinajstić information content (AvgIpc) is 2.76. The maximum absolute atomic E-state index is 11.9. The van der Waals surface area contributed by atoms with Crippen LogP contribution in [0.2, 0.25) is 9.49 Å². The van der Waals surface area contributed by atoms with Crippen molar-refractivity contribution in [2.45, 2.75) is 10.8 Å². The molecular formula is C10H8Cl2N2O2S2. The van der Waals surface area contributed by atoms with E-state index in [0.29, 0.717) is 10.6 Å². The molecule has 4 nitrogen and oxygen atoms in total. The zero-order chi connectivity index (χ0) is 13.2. The zero-order valence-electron chi connectivity index (χ0n) is 8.93. The lowest BCUT2D eigenvalue weighted by Crippen LogP contribution is -2.22. The van der Waals surface area contributed by atoms with Crippen molar-refractivity contribution < 1.29 is 8.42 Å². The number of benzene rings is 1. The van der Waals surface area contributed by atoms with Gasteiger partial charge in [0.05, 0.1) is 6.20 Å². The highest BCUT2D eigenvalue weighted by Crippen LogP contribution is 2.23. The van der Waals surface area contributed by atoms with Crippen molar-refractivity contribution in [1.29, 1.82) is 0 Å². The third-order valence-electron chi connectivity index (χ3n) is 2.13. The van der Waals surface area contributed by atoms with E-state index in [9.17, 15) is 8.42 Å². The standard InChI is InChI=1S/C10H8Cl2N2O2S2/c11-8-4-2-1-3-7(8)5-14-18(15,16)9-6-13-10(12)17-9/h1-4,6,14H,5H2. The van der Waals surface area contributed by atoms with Crippen molar-refractivity contribution in [3.63, 3.8) is 0 Å². The number of hydrogen-bond acceptors (Lipinski definition) is 4. The average molecular weight is 323 g/mol. The van der Waals surface area contributed by atoms with E-state index in [1.807, 2.05) is 0 Å². The molecule has 1 N–H and O–H groups in total. The van der Waals surface area contributed by atoms with Crippen LogP contribution in [0.4, 0.5) is 0 Å². The van der Waals surface area contributed by atoms with Crippen LogP contribution in [-0.4, -0.2) is 13.4 Å². The molecule has 1 aromatic carbocycles. The van der Waals surface area contributed by atoms with Gasteiger partial charge >= 0.3 is 0 Å². The summed E-state index contributed by atoms with van der Waals surface area (Å²) in [7, 11) is -3.59. The molecule has 0 amide bonds. The van der Waals surface area contributed by atoms with Crippen molar-refractivity contribution in [1.82, 2.24) is 9.71 Å². The number of nitrogens with zero attached hydrogens (tertiary/aromatic N) is 1. The van der Waals surface area contributed by atoms with Crippen molar-refractivity contribution in [3.8, 4) is 0 Å². The summed E-state index contributed by atoms with van der Waals surface area (Å²) in [5.41, 5.74) is 0.707. The molecular weight excluding hydrogens is 315 g/mol. The summed E-state index contributed by atoms with van der Waals surface area (Å²) in [5.74, 6) is 0. The fourth-order valence-corrected chi connectivity index (χ4v) is 3.80. The van der Waals surface area contributed by atoms with Crippen molar-refractivity contribution in [2.75, 3.05) is 0 Å². The molecule has 0 unspecified atom stereocenters. The van der Waals surface area contributed by atoms with Gasteiger partial charge in [0.1, 0.15) is 0 Å². The van der Waals surface area contributed by atoms with E-state index >= 15 is 0 Å². The Kier molecular flexibility index (Phi) is 4.24. The van der Waals surface area contributed by atoms with Gasteiger partial charge < -0.3 is 0 Å². The lowest BCUT2D eigenvalue weighted by atomic mass is 10.2. The van der Waals surface area contributed by atoms with Crippen LogP contribution in [0.1, 0.15) is 5.56 Å². The Bertz CT molecular complexity index is 655. The minimum Gasteiger partial charge on any atom is -0.232 e. The van der Waals surface area contributed by atoms with Gasteiger partial charge in [-0.25, -0.2) is 18.1 Å². The fourth-order valence-electron chi connectivity index (χ4n) is 1.25. The number of sulfonamides is 1. The Labute approximate surface area is 119 Å². The smallest absolute Gasteiger partial charge is 0.232 e. The third-order valence-corrected chi connectivity index (χ3v) is 5.48. The van der Waals surface area contributed by atoms with E-state index in [4.69, 9.17) is 23.2 Å². The summed E-state index contributed by atoms with van der Waals surface area (Å²) < 4.78 is 26.5. The predicted octanol–water partition coefficient (Wildman–Crippen LogP) is 2.93. The first-order chi connectivity index (χ1) is 8.49. The molecule has 96 valence electrons. The molecule has 2 rings (SSSR count). The van der Waals surface area contributed by atoms with Gasteiger partial charge in [0.15, 0.2) is 8.68 Å². The lowest BCUT2D eigenvalue weighted by Gasteiger charge is -2.05. The summed E-state index contributed by atoms with van der Waals surface area (Å²) >= 11 is 12.4. The molecule has 0 bridgehead atoms. The van der Waals surface area contributed by atoms with Gasteiger partial charge in [-0.3, -0.25) is 0 Å². The summed E-state index contributed by atoms with van der Waals surface area (Å²) in [4.78, 5) is 3.69. The number of rotatable bonds is 4. The molecule has 0 aliphatic rings. The Morgan fingerprint density at radius 2 is 2.00 bits per heavy atom. The first-order valence-corrected chi connectivity index (χ1v) is 7.89. The Morgan fingerprint density at radius 3 is 2.61 bits per heavy atom. The van der Waals surface area contributed by atoms with Gasteiger partial charge in [-0.15, -0.1) is 0 Å². The molecule has 0 radical (unpaired) electrons. The van der Waals surface area contributed by atoms with Crippen LogP contribution in [0.15, 0.2) is 34.7 Å². The van der Waals surface area contributed by atoms with Crippen LogP contribution in [0.25, 0.3) is 0 Å². The highest BCUT2D eigenvalue weighted by Gasteiger charge is 2.17.